The first-order valence-electron chi connectivity index (χ1n) is 8.01. The summed E-state index contributed by atoms with van der Waals surface area (Å²) in [7, 11) is 1.46. The minimum atomic E-state index is -0.458. The lowest BCUT2D eigenvalue weighted by Crippen LogP contribution is -2.15. The lowest BCUT2D eigenvalue weighted by Gasteiger charge is -2.11. The molecule has 0 radical (unpaired) electrons. The summed E-state index contributed by atoms with van der Waals surface area (Å²) < 4.78 is 25.2. The maximum atomic E-state index is 13.3. The van der Waals surface area contributed by atoms with Crippen LogP contribution in [-0.2, 0) is 22.7 Å². The number of para-hydroxylation sites is 1. The number of hydrogen-bond acceptors (Lipinski definition) is 5. The van der Waals surface area contributed by atoms with Crippen LogP contribution in [-0.4, -0.2) is 22.9 Å². The molecule has 3 aromatic rings. The Bertz CT molecular complexity index is 1000. The molecule has 26 heavy (non-hydrogen) atoms. The first-order valence-corrected chi connectivity index (χ1v) is 8.01. The van der Waals surface area contributed by atoms with E-state index in [1.807, 2.05) is 0 Å². The topological polar surface area (TPSA) is 70.4 Å². The maximum absolute atomic E-state index is 13.3. The zero-order chi connectivity index (χ0) is 18.5. The quantitative estimate of drug-likeness (QED) is 0.635. The number of carbonyl (C=O) groups excluding carboxylic acids is 1. The molecule has 0 bridgehead atoms. The Balaban J connectivity index is 1.64. The molecule has 0 unspecified atom stereocenters. The van der Waals surface area contributed by atoms with E-state index in [-0.39, 0.29) is 25.0 Å². The number of nitrogens with zero attached hydrogens (tertiary/aromatic N) is 2. The summed E-state index contributed by atoms with van der Waals surface area (Å²) in [5, 5.41) is 4.60. The molecule has 2 aromatic carbocycles. The largest absolute Gasteiger partial charge is 0.496 e. The second-order valence-electron chi connectivity index (χ2n) is 5.62. The summed E-state index contributed by atoms with van der Waals surface area (Å²) in [6.45, 7) is 0.179. The van der Waals surface area contributed by atoms with Crippen molar-refractivity contribution >= 4 is 16.9 Å². The predicted octanol–water partition coefficient (Wildman–Crippen LogP) is 2.68. The average molecular weight is 356 g/mol. The van der Waals surface area contributed by atoms with Crippen molar-refractivity contribution in [2.24, 2.45) is 0 Å². The Labute approximate surface area is 148 Å². The van der Waals surface area contributed by atoms with Crippen molar-refractivity contribution < 1.29 is 18.7 Å². The van der Waals surface area contributed by atoms with Gasteiger partial charge in [-0.2, -0.15) is 5.10 Å². The number of hydrogen-bond donors (Lipinski definition) is 0. The second kappa shape index (κ2) is 7.77. The third-order valence-electron chi connectivity index (χ3n) is 3.92. The molecule has 1 heterocycles. The van der Waals surface area contributed by atoms with E-state index >= 15 is 0 Å². The molecular formula is C19H17FN2O4. The molecule has 0 aliphatic carbocycles. The lowest BCUT2D eigenvalue weighted by molar-refractivity contribution is -0.145. The Morgan fingerprint density at radius 2 is 2.04 bits per heavy atom. The zero-order valence-electron chi connectivity index (χ0n) is 14.1. The smallest absolute Gasteiger partial charge is 0.308 e. The van der Waals surface area contributed by atoms with Gasteiger partial charge >= 0.3 is 5.97 Å². The number of ether oxygens (including phenoxy) is 2. The van der Waals surface area contributed by atoms with E-state index in [1.165, 1.54) is 31.5 Å². The molecule has 6 nitrogen and oxygen atoms in total. The molecule has 0 atom stereocenters. The number of esters is 1. The SMILES string of the molecule is COc1ccc(F)cc1COC(=O)CCn1ncc(=O)c2ccccc21. The van der Waals surface area contributed by atoms with Crippen molar-refractivity contribution in [1.82, 2.24) is 9.78 Å². The van der Waals surface area contributed by atoms with Crippen molar-refractivity contribution in [3.63, 3.8) is 0 Å². The molecular weight excluding hydrogens is 339 g/mol. The number of aryl methyl sites for hydroxylation is 1. The van der Waals surface area contributed by atoms with Gasteiger partial charge in [-0.15, -0.1) is 0 Å². The van der Waals surface area contributed by atoms with E-state index in [9.17, 15) is 14.0 Å². The third kappa shape index (κ3) is 3.88. The van der Waals surface area contributed by atoms with E-state index in [1.54, 1.807) is 28.9 Å². The monoisotopic (exact) mass is 356 g/mol. The molecule has 1 aromatic heterocycles. The predicted molar refractivity (Wildman–Crippen MR) is 93.4 cm³/mol. The van der Waals surface area contributed by atoms with Crippen molar-refractivity contribution in [3.8, 4) is 5.75 Å². The highest BCUT2D eigenvalue weighted by Crippen LogP contribution is 2.20. The van der Waals surface area contributed by atoms with Crippen LogP contribution in [0.4, 0.5) is 4.39 Å². The van der Waals surface area contributed by atoms with Gasteiger partial charge in [0.15, 0.2) is 0 Å². The number of halogens is 1. The van der Waals surface area contributed by atoms with Gasteiger partial charge in [-0.3, -0.25) is 14.3 Å². The van der Waals surface area contributed by atoms with E-state index in [0.717, 1.165) is 0 Å². The van der Waals surface area contributed by atoms with Crippen LogP contribution in [0.15, 0.2) is 53.5 Å². The summed E-state index contributed by atoms with van der Waals surface area (Å²) in [4.78, 5) is 23.8. The number of benzene rings is 2. The molecule has 0 aliphatic rings. The van der Waals surface area contributed by atoms with E-state index in [4.69, 9.17) is 9.47 Å². The highest BCUT2D eigenvalue weighted by Gasteiger charge is 2.10. The molecule has 0 N–H and O–H groups in total. The van der Waals surface area contributed by atoms with Crippen LogP contribution >= 0.6 is 0 Å². The summed E-state index contributed by atoms with van der Waals surface area (Å²) in [5.41, 5.74) is 0.935. The molecule has 0 saturated heterocycles. The van der Waals surface area contributed by atoms with E-state index < -0.39 is 11.8 Å². The summed E-state index contributed by atoms with van der Waals surface area (Å²) in [6.07, 6.45) is 1.29. The van der Waals surface area contributed by atoms with Crippen molar-refractivity contribution in [3.05, 3.63) is 70.3 Å². The van der Waals surface area contributed by atoms with Gasteiger partial charge in [0.05, 0.1) is 31.8 Å². The van der Waals surface area contributed by atoms with Crippen LogP contribution < -0.4 is 10.2 Å². The van der Waals surface area contributed by atoms with Gasteiger partial charge < -0.3 is 9.47 Å². The van der Waals surface area contributed by atoms with Gasteiger partial charge in [0.2, 0.25) is 5.43 Å². The summed E-state index contributed by atoms with van der Waals surface area (Å²) in [5.74, 6) is -0.436. The Kier molecular flexibility index (Phi) is 5.26. The van der Waals surface area contributed by atoms with Gasteiger partial charge in [0.1, 0.15) is 18.2 Å². The van der Waals surface area contributed by atoms with Crippen molar-refractivity contribution in [2.45, 2.75) is 19.6 Å². The zero-order valence-corrected chi connectivity index (χ0v) is 14.1. The number of fused-ring (bicyclic) bond motifs is 1. The lowest BCUT2D eigenvalue weighted by atomic mass is 10.2. The van der Waals surface area contributed by atoms with Gasteiger partial charge in [-0.05, 0) is 30.3 Å². The molecule has 0 spiro atoms. The van der Waals surface area contributed by atoms with Crippen LogP contribution in [0.1, 0.15) is 12.0 Å². The van der Waals surface area contributed by atoms with E-state index in [0.29, 0.717) is 22.2 Å². The van der Waals surface area contributed by atoms with Crippen LogP contribution in [0.2, 0.25) is 0 Å². The fraction of sp³-hybridized carbons (Fsp3) is 0.211. The highest BCUT2D eigenvalue weighted by molar-refractivity contribution is 5.78. The Morgan fingerprint density at radius 1 is 1.23 bits per heavy atom. The molecule has 0 amide bonds. The van der Waals surface area contributed by atoms with Gasteiger partial charge in [-0.25, -0.2) is 4.39 Å². The van der Waals surface area contributed by atoms with Crippen molar-refractivity contribution in [1.29, 1.82) is 0 Å². The van der Waals surface area contributed by atoms with Gasteiger partial charge in [0.25, 0.3) is 0 Å². The number of aromatic nitrogens is 2. The fourth-order valence-corrected chi connectivity index (χ4v) is 2.63. The average Bonchev–Trinajstić information content (AvgIpc) is 2.66. The first kappa shape index (κ1) is 17.6. The number of carbonyl (C=O) groups is 1. The normalized spacial score (nSPS) is 10.7. The fourth-order valence-electron chi connectivity index (χ4n) is 2.63. The van der Waals surface area contributed by atoms with Crippen LogP contribution in [0, 0.1) is 5.82 Å². The minimum absolute atomic E-state index is 0.0670. The standard InChI is InChI=1S/C19H17FN2O4/c1-25-18-7-6-14(20)10-13(18)12-26-19(24)8-9-22-16-5-3-2-4-15(16)17(23)11-21-22/h2-7,10-11H,8-9,12H2,1H3. The Hall–Kier alpha value is -3.22. The molecule has 3 rings (SSSR count). The van der Waals surface area contributed by atoms with Crippen LogP contribution in [0.5, 0.6) is 5.75 Å². The van der Waals surface area contributed by atoms with Crippen LogP contribution in [0.25, 0.3) is 10.9 Å². The number of rotatable bonds is 6. The number of methoxy groups -OCH3 is 1. The minimum Gasteiger partial charge on any atom is -0.496 e. The molecule has 134 valence electrons. The van der Waals surface area contributed by atoms with E-state index in [2.05, 4.69) is 5.10 Å². The third-order valence-corrected chi connectivity index (χ3v) is 3.92. The van der Waals surface area contributed by atoms with Gasteiger partial charge in [-0.1, -0.05) is 12.1 Å². The van der Waals surface area contributed by atoms with Crippen LogP contribution in [0.3, 0.4) is 0 Å². The second-order valence-corrected chi connectivity index (χ2v) is 5.62. The highest BCUT2D eigenvalue weighted by atomic mass is 19.1. The maximum Gasteiger partial charge on any atom is 0.308 e. The Morgan fingerprint density at radius 3 is 2.85 bits per heavy atom. The van der Waals surface area contributed by atoms with Gasteiger partial charge in [0, 0.05) is 10.9 Å². The molecule has 0 saturated carbocycles. The summed E-state index contributed by atoms with van der Waals surface area (Å²) in [6, 6.07) is 11.1. The molecule has 7 heteroatoms. The first-order chi connectivity index (χ1) is 12.6. The molecule has 0 fully saturated rings. The summed E-state index contributed by atoms with van der Waals surface area (Å²) >= 11 is 0. The molecule has 0 aliphatic heterocycles. The van der Waals surface area contributed by atoms with Crippen molar-refractivity contribution in [2.75, 3.05) is 7.11 Å².